The van der Waals surface area contributed by atoms with Gasteiger partial charge in [0.2, 0.25) is 0 Å². The maximum absolute atomic E-state index is 8.92. The van der Waals surface area contributed by atoms with Crippen molar-refractivity contribution in [3.8, 4) is 5.75 Å². The molecule has 1 aromatic rings. The monoisotopic (exact) mass is 181 g/mol. The van der Waals surface area contributed by atoms with Crippen molar-refractivity contribution in [2.75, 3.05) is 12.3 Å². The predicted molar refractivity (Wildman–Crippen MR) is 51.8 cm³/mol. The van der Waals surface area contributed by atoms with E-state index < -0.39 is 7.12 Å². The molecule has 4 N–H and O–H groups in total. The second-order valence-electron chi connectivity index (χ2n) is 2.60. The van der Waals surface area contributed by atoms with E-state index in [0.29, 0.717) is 18.0 Å². The molecule has 5 heteroatoms. The van der Waals surface area contributed by atoms with Crippen LogP contribution in [-0.2, 0) is 0 Å². The lowest BCUT2D eigenvalue weighted by atomic mass is 9.79. The van der Waals surface area contributed by atoms with E-state index >= 15 is 0 Å². The molecule has 0 heterocycles. The topological polar surface area (TPSA) is 75.7 Å². The largest absolute Gasteiger partial charge is 0.494 e. The number of anilines is 1. The molecule has 0 aliphatic carbocycles. The van der Waals surface area contributed by atoms with E-state index in [0.717, 1.165) is 0 Å². The summed E-state index contributed by atoms with van der Waals surface area (Å²) in [5, 5.41) is 17.8. The third-order valence-corrected chi connectivity index (χ3v) is 1.65. The summed E-state index contributed by atoms with van der Waals surface area (Å²) in [6.07, 6.45) is 0. The predicted octanol–water partition coefficient (Wildman–Crippen LogP) is -0.653. The highest BCUT2D eigenvalue weighted by Gasteiger charge is 2.15. The Morgan fingerprint density at radius 3 is 2.69 bits per heavy atom. The minimum Gasteiger partial charge on any atom is -0.494 e. The minimum atomic E-state index is -1.56. The smallest absolute Gasteiger partial charge is 0.490 e. The average Bonchev–Trinajstić information content (AvgIpc) is 2.08. The molecule has 1 rings (SSSR count). The summed E-state index contributed by atoms with van der Waals surface area (Å²) in [4.78, 5) is 0. The fraction of sp³-hybridized carbons (Fsp3) is 0.250. The molecule has 1 aromatic carbocycles. The quantitative estimate of drug-likeness (QED) is 0.427. The molecule has 0 saturated heterocycles. The van der Waals surface area contributed by atoms with Crippen LogP contribution in [0.4, 0.5) is 5.69 Å². The van der Waals surface area contributed by atoms with E-state index in [2.05, 4.69) is 0 Å². The van der Waals surface area contributed by atoms with Crippen molar-refractivity contribution in [1.82, 2.24) is 0 Å². The molecular formula is C8H12BNO3. The lowest BCUT2D eigenvalue weighted by molar-refractivity contribution is 0.340. The van der Waals surface area contributed by atoms with Crippen molar-refractivity contribution in [2.45, 2.75) is 6.92 Å². The van der Waals surface area contributed by atoms with E-state index in [-0.39, 0.29) is 5.46 Å². The highest BCUT2D eigenvalue weighted by Crippen LogP contribution is 2.11. The van der Waals surface area contributed by atoms with Crippen LogP contribution in [0.15, 0.2) is 18.2 Å². The van der Waals surface area contributed by atoms with Gasteiger partial charge in [-0.15, -0.1) is 0 Å². The van der Waals surface area contributed by atoms with Gasteiger partial charge in [-0.25, -0.2) is 0 Å². The zero-order chi connectivity index (χ0) is 9.84. The van der Waals surface area contributed by atoms with Crippen molar-refractivity contribution in [3.05, 3.63) is 18.2 Å². The maximum Gasteiger partial charge on any atom is 0.490 e. The Bertz CT molecular complexity index is 291. The molecule has 0 fully saturated rings. The molecule has 70 valence electrons. The fourth-order valence-corrected chi connectivity index (χ4v) is 1.03. The third-order valence-electron chi connectivity index (χ3n) is 1.65. The van der Waals surface area contributed by atoms with Crippen molar-refractivity contribution in [2.24, 2.45) is 0 Å². The molecule has 13 heavy (non-hydrogen) atoms. The van der Waals surface area contributed by atoms with Gasteiger partial charge in [-0.05, 0) is 25.1 Å². The van der Waals surface area contributed by atoms with E-state index in [1.807, 2.05) is 6.92 Å². The van der Waals surface area contributed by atoms with E-state index in [1.54, 1.807) is 12.1 Å². The molecule has 0 radical (unpaired) electrons. The van der Waals surface area contributed by atoms with Crippen LogP contribution in [0.5, 0.6) is 5.75 Å². The summed E-state index contributed by atoms with van der Waals surface area (Å²) in [5.41, 5.74) is 6.13. The Morgan fingerprint density at radius 1 is 1.46 bits per heavy atom. The van der Waals surface area contributed by atoms with Crippen LogP contribution in [0, 0.1) is 0 Å². The van der Waals surface area contributed by atoms with Gasteiger partial charge in [-0.1, -0.05) is 0 Å². The van der Waals surface area contributed by atoms with Gasteiger partial charge >= 0.3 is 7.12 Å². The SMILES string of the molecule is CCOc1ccc(N)c(B(O)O)c1. The summed E-state index contributed by atoms with van der Waals surface area (Å²) in [6.45, 7) is 2.39. The number of nitrogens with two attached hydrogens (primary N) is 1. The van der Waals surface area contributed by atoms with Gasteiger partial charge < -0.3 is 20.5 Å². The molecule has 0 aliphatic heterocycles. The number of nitrogen functional groups attached to an aromatic ring is 1. The summed E-state index contributed by atoms with van der Waals surface area (Å²) in [7, 11) is -1.56. The number of benzene rings is 1. The van der Waals surface area contributed by atoms with Crippen LogP contribution in [0.3, 0.4) is 0 Å². The molecule has 4 nitrogen and oxygen atoms in total. The Morgan fingerprint density at radius 2 is 2.15 bits per heavy atom. The summed E-state index contributed by atoms with van der Waals surface area (Å²) in [5.74, 6) is 0.583. The fourth-order valence-electron chi connectivity index (χ4n) is 1.03. The van der Waals surface area contributed by atoms with Crippen molar-refractivity contribution in [1.29, 1.82) is 0 Å². The highest BCUT2D eigenvalue weighted by atomic mass is 16.5. The third kappa shape index (κ3) is 2.37. The zero-order valence-corrected chi connectivity index (χ0v) is 7.40. The number of ether oxygens (including phenoxy) is 1. The first-order chi connectivity index (χ1) is 6.15. The van der Waals surface area contributed by atoms with Gasteiger partial charge in [0, 0.05) is 11.2 Å². The van der Waals surface area contributed by atoms with Crippen LogP contribution in [0.2, 0.25) is 0 Å². The second kappa shape index (κ2) is 4.16. The molecule has 0 aliphatic rings. The maximum atomic E-state index is 8.92. The first kappa shape index (κ1) is 9.89. The molecule has 0 saturated carbocycles. The first-order valence-electron chi connectivity index (χ1n) is 4.03. The van der Waals surface area contributed by atoms with Crippen molar-refractivity contribution >= 4 is 18.3 Å². The molecule has 0 bridgehead atoms. The van der Waals surface area contributed by atoms with Crippen molar-refractivity contribution in [3.63, 3.8) is 0 Å². The van der Waals surface area contributed by atoms with Crippen LogP contribution in [0.25, 0.3) is 0 Å². The molecule has 0 aromatic heterocycles. The number of rotatable bonds is 3. The normalized spacial score (nSPS) is 9.77. The van der Waals surface area contributed by atoms with Crippen LogP contribution in [0.1, 0.15) is 6.92 Å². The summed E-state index contributed by atoms with van der Waals surface area (Å²) < 4.78 is 5.17. The van der Waals surface area contributed by atoms with E-state index in [9.17, 15) is 0 Å². The van der Waals surface area contributed by atoms with Gasteiger partial charge in [0.05, 0.1) is 6.61 Å². The van der Waals surface area contributed by atoms with Crippen LogP contribution >= 0.6 is 0 Å². The lowest BCUT2D eigenvalue weighted by Gasteiger charge is -2.07. The van der Waals surface area contributed by atoms with Gasteiger partial charge in [0.25, 0.3) is 0 Å². The second-order valence-corrected chi connectivity index (χ2v) is 2.60. The number of hydrogen-bond donors (Lipinski definition) is 3. The minimum absolute atomic E-state index is 0.269. The summed E-state index contributed by atoms with van der Waals surface area (Å²) >= 11 is 0. The molecule has 0 unspecified atom stereocenters. The molecule has 0 atom stereocenters. The van der Waals surface area contributed by atoms with Gasteiger partial charge in [0.15, 0.2) is 0 Å². The Kier molecular flexibility index (Phi) is 3.16. The van der Waals surface area contributed by atoms with Gasteiger partial charge in [0.1, 0.15) is 5.75 Å². The Hall–Kier alpha value is -1.20. The van der Waals surface area contributed by atoms with E-state index in [1.165, 1.54) is 6.07 Å². The Labute approximate surface area is 77.1 Å². The van der Waals surface area contributed by atoms with Gasteiger partial charge in [-0.3, -0.25) is 0 Å². The standard InChI is InChI=1S/C8H12BNO3/c1-2-13-6-3-4-8(10)7(5-6)9(11)12/h3-5,11-12H,2,10H2,1H3. The molecular weight excluding hydrogens is 169 g/mol. The zero-order valence-electron chi connectivity index (χ0n) is 7.40. The van der Waals surface area contributed by atoms with Crippen LogP contribution < -0.4 is 15.9 Å². The van der Waals surface area contributed by atoms with E-state index in [4.69, 9.17) is 20.5 Å². The van der Waals surface area contributed by atoms with Crippen molar-refractivity contribution < 1.29 is 14.8 Å². The first-order valence-corrected chi connectivity index (χ1v) is 4.03. The average molecular weight is 181 g/mol. The highest BCUT2D eigenvalue weighted by molar-refractivity contribution is 6.60. The number of hydrogen-bond acceptors (Lipinski definition) is 4. The van der Waals surface area contributed by atoms with Crippen LogP contribution in [-0.4, -0.2) is 23.8 Å². The Balaban J connectivity index is 2.97. The van der Waals surface area contributed by atoms with Gasteiger partial charge in [-0.2, -0.15) is 0 Å². The molecule has 0 spiro atoms. The lowest BCUT2D eigenvalue weighted by Crippen LogP contribution is -2.32. The molecule has 0 amide bonds. The summed E-state index contributed by atoms with van der Waals surface area (Å²) in [6, 6.07) is 4.79.